The van der Waals surface area contributed by atoms with E-state index >= 15 is 0 Å². The quantitative estimate of drug-likeness (QED) is 0.584. The molecule has 1 N–H and O–H groups in total. The first kappa shape index (κ1) is 14.3. The van der Waals surface area contributed by atoms with Gasteiger partial charge in [-0.25, -0.2) is 19.9 Å². The van der Waals surface area contributed by atoms with Gasteiger partial charge < -0.3 is 5.11 Å². The number of aliphatic hydroxyl groups excluding tert-OH is 1. The molecule has 0 aliphatic rings. The summed E-state index contributed by atoms with van der Waals surface area (Å²) in [5, 5.41) is 12.3. The van der Waals surface area contributed by atoms with Crippen LogP contribution in [0.4, 0.5) is 0 Å². The van der Waals surface area contributed by atoms with E-state index in [0.29, 0.717) is 28.8 Å². The molecule has 6 nitrogen and oxygen atoms in total. The number of aliphatic hydroxyl groups is 1. The van der Waals surface area contributed by atoms with E-state index in [9.17, 15) is 9.90 Å². The number of nitrogens with zero attached hydrogens (tertiary/aromatic N) is 4. The van der Waals surface area contributed by atoms with Gasteiger partial charge >= 0.3 is 0 Å². The van der Waals surface area contributed by atoms with Crippen molar-refractivity contribution in [1.29, 1.82) is 0 Å². The summed E-state index contributed by atoms with van der Waals surface area (Å²) >= 11 is 0. The van der Waals surface area contributed by atoms with Crippen molar-refractivity contribution in [1.82, 2.24) is 19.9 Å². The van der Waals surface area contributed by atoms with Gasteiger partial charge in [0.05, 0.1) is 5.69 Å². The summed E-state index contributed by atoms with van der Waals surface area (Å²) in [7, 11) is 0. The summed E-state index contributed by atoms with van der Waals surface area (Å²) < 4.78 is 0. The number of aldehydes is 1. The van der Waals surface area contributed by atoms with Gasteiger partial charge in [-0.05, 0) is 42.5 Å². The predicted octanol–water partition coefficient (Wildman–Crippen LogP) is 2.47. The number of hydrogen-bond acceptors (Lipinski definition) is 6. The minimum absolute atomic E-state index is 0.150. The molecule has 0 radical (unpaired) electrons. The third kappa shape index (κ3) is 2.39. The second kappa shape index (κ2) is 5.75. The molecule has 4 rings (SSSR count). The van der Waals surface area contributed by atoms with E-state index in [1.807, 2.05) is 24.3 Å². The van der Waals surface area contributed by atoms with Crippen molar-refractivity contribution in [2.45, 2.75) is 6.10 Å². The number of pyridine rings is 4. The lowest BCUT2D eigenvalue weighted by Crippen LogP contribution is -2.08. The fourth-order valence-corrected chi connectivity index (χ4v) is 2.63. The Morgan fingerprint density at radius 3 is 2.38 bits per heavy atom. The van der Waals surface area contributed by atoms with Crippen molar-refractivity contribution in [3.8, 4) is 0 Å². The van der Waals surface area contributed by atoms with Gasteiger partial charge in [0, 0.05) is 28.7 Å². The van der Waals surface area contributed by atoms with Crippen LogP contribution in [0.1, 0.15) is 27.8 Å². The Morgan fingerprint density at radius 1 is 0.917 bits per heavy atom. The van der Waals surface area contributed by atoms with Crippen molar-refractivity contribution in [2.24, 2.45) is 0 Å². The van der Waals surface area contributed by atoms with Gasteiger partial charge in [0.15, 0.2) is 17.6 Å². The lowest BCUT2D eigenvalue weighted by molar-refractivity contribution is 0.111. The summed E-state index contributed by atoms with van der Waals surface area (Å²) in [5.41, 5.74) is 1.96. The SMILES string of the molecule is O=Cc1nc2ncccc2cc1C(O)c1ccc2cccnc2n1. The minimum Gasteiger partial charge on any atom is -0.382 e. The summed E-state index contributed by atoms with van der Waals surface area (Å²) in [5.74, 6) is 0. The Balaban J connectivity index is 1.86. The van der Waals surface area contributed by atoms with E-state index in [0.717, 1.165) is 10.8 Å². The van der Waals surface area contributed by atoms with Gasteiger partial charge in [0.2, 0.25) is 0 Å². The topological polar surface area (TPSA) is 88.9 Å². The van der Waals surface area contributed by atoms with Crippen molar-refractivity contribution in [3.63, 3.8) is 0 Å². The van der Waals surface area contributed by atoms with E-state index in [2.05, 4.69) is 19.9 Å². The van der Waals surface area contributed by atoms with E-state index in [-0.39, 0.29) is 5.69 Å². The predicted molar refractivity (Wildman–Crippen MR) is 88.5 cm³/mol. The molecule has 1 atom stereocenters. The van der Waals surface area contributed by atoms with Crippen molar-refractivity contribution in [3.05, 3.63) is 71.8 Å². The van der Waals surface area contributed by atoms with Crippen molar-refractivity contribution < 1.29 is 9.90 Å². The maximum atomic E-state index is 11.4. The highest BCUT2D eigenvalue weighted by Crippen LogP contribution is 2.26. The van der Waals surface area contributed by atoms with Gasteiger partial charge in [-0.15, -0.1) is 0 Å². The van der Waals surface area contributed by atoms with Crippen LogP contribution in [0.15, 0.2) is 54.9 Å². The molecule has 116 valence electrons. The average molecular weight is 316 g/mol. The normalized spacial score (nSPS) is 12.4. The van der Waals surface area contributed by atoms with Crippen LogP contribution in [0.25, 0.3) is 22.1 Å². The summed E-state index contributed by atoms with van der Waals surface area (Å²) in [6.45, 7) is 0. The van der Waals surface area contributed by atoms with Crippen molar-refractivity contribution in [2.75, 3.05) is 0 Å². The van der Waals surface area contributed by atoms with Gasteiger partial charge in [-0.1, -0.05) is 0 Å². The van der Waals surface area contributed by atoms with Gasteiger partial charge in [0.1, 0.15) is 11.8 Å². The zero-order valence-electron chi connectivity index (χ0n) is 12.5. The van der Waals surface area contributed by atoms with Gasteiger partial charge in [0.25, 0.3) is 0 Å². The number of carbonyl (C=O) groups excluding carboxylic acids is 1. The first-order valence-electron chi connectivity index (χ1n) is 7.37. The maximum absolute atomic E-state index is 11.4. The van der Waals surface area contributed by atoms with E-state index in [1.165, 1.54) is 0 Å². The molecule has 0 fully saturated rings. The zero-order valence-corrected chi connectivity index (χ0v) is 12.5. The molecule has 0 spiro atoms. The zero-order chi connectivity index (χ0) is 16.5. The molecular formula is C18H12N4O2. The molecule has 4 aromatic rings. The standard InChI is InChI=1S/C18H12N4O2/c23-10-15-13(9-12-4-2-8-20-18(12)22-15)16(24)14-6-5-11-3-1-7-19-17(11)21-14/h1-10,16,24H. The molecule has 4 aromatic heterocycles. The van der Waals surface area contributed by atoms with Gasteiger partial charge in [-0.3, -0.25) is 4.79 Å². The summed E-state index contributed by atoms with van der Waals surface area (Å²) in [6, 6.07) is 12.6. The largest absolute Gasteiger partial charge is 0.382 e. The minimum atomic E-state index is -1.08. The molecular weight excluding hydrogens is 304 g/mol. The number of hydrogen-bond donors (Lipinski definition) is 1. The molecule has 0 aromatic carbocycles. The van der Waals surface area contributed by atoms with Crippen LogP contribution >= 0.6 is 0 Å². The maximum Gasteiger partial charge on any atom is 0.168 e. The fourth-order valence-electron chi connectivity index (χ4n) is 2.63. The number of carbonyl (C=O) groups is 1. The first-order valence-corrected chi connectivity index (χ1v) is 7.37. The van der Waals surface area contributed by atoms with E-state index < -0.39 is 6.10 Å². The molecule has 24 heavy (non-hydrogen) atoms. The average Bonchev–Trinajstić information content (AvgIpc) is 2.66. The molecule has 6 heteroatoms. The second-order valence-electron chi connectivity index (χ2n) is 5.32. The monoisotopic (exact) mass is 316 g/mol. The molecule has 0 saturated heterocycles. The molecule has 0 amide bonds. The highest BCUT2D eigenvalue weighted by molar-refractivity contribution is 5.83. The summed E-state index contributed by atoms with van der Waals surface area (Å²) in [4.78, 5) is 28.3. The third-order valence-corrected chi connectivity index (χ3v) is 3.82. The second-order valence-corrected chi connectivity index (χ2v) is 5.32. The number of rotatable bonds is 3. The van der Waals surface area contributed by atoms with Crippen LogP contribution in [0.5, 0.6) is 0 Å². The molecule has 4 heterocycles. The van der Waals surface area contributed by atoms with E-state index in [4.69, 9.17) is 0 Å². The lowest BCUT2D eigenvalue weighted by atomic mass is 10.0. The van der Waals surface area contributed by atoms with Crippen LogP contribution in [0.2, 0.25) is 0 Å². The first-order chi connectivity index (χ1) is 11.8. The highest BCUT2D eigenvalue weighted by atomic mass is 16.3. The Hall–Kier alpha value is -3.25. The lowest BCUT2D eigenvalue weighted by Gasteiger charge is -2.13. The molecule has 0 aliphatic carbocycles. The fraction of sp³-hybridized carbons (Fsp3) is 0.0556. The molecule has 0 bridgehead atoms. The Labute approximate surface area is 136 Å². The Morgan fingerprint density at radius 2 is 1.62 bits per heavy atom. The third-order valence-electron chi connectivity index (χ3n) is 3.82. The molecule has 0 saturated carbocycles. The van der Waals surface area contributed by atoms with E-state index in [1.54, 1.807) is 30.6 Å². The van der Waals surface area contributed by atoms with Gasteiger partial charge in [-0.2, -0.15) is 0 Å². The number of aromatic nitrogens is 4. The van der Waals surface area contributed by atoms with Crippen LogP contribution < -0.4 is 0 Å². The summed E-state index contributed by atoms with van der Waals surface area (Å²) in [6.07, 6.45) is 2.79. The van der Waals surface area contributed by atoms with Crippen LogP contribution in [0.3, 0.4) is 0 Å². The van der Waals surface area contributed by atoms with Crippen LogP contribution in [-0.2, 0) is 0 Å². The molecule has 1 unspecified atom stereocenters. The molecule has 0 aliphatic heterocycles. The van der Waals surface area contributed by atoms with Crippen molar-refractivity contribution >= 4 is 28.4 Å². The Kier molecular flexibility index (Phi) is 3.44. The Bertz CT molecular complexity index is 1060. The van der Waals surface area contributed by atoms with Crippen LogP contribution in [0, 0.1) is 0 Å². The smallest absolute Gasteiger partial charge is 0.168 e. The number of fused-ring (bicyclic) bond motifs is 2. The highest BCUT2D eigenvalue weighted by Gasteiger charge is 2.18. The van der Waals surface area contributed by atoms with Crippen LogP contribution in [-0.4, -0.2) is 31.3 Å².